The lowest BCUT2D eigenvalue weighted by atomic mass is 9.82. The Hall–Kier alpha value is -3.50. The molecular weight excluding hydrogens is 501 g/mol. The SMILES string of the molecule is COC(=O)C1CCC(CNc2c(C3CCN(C(=O)c4ccc(OC(F)(F)F)cc4)CC3)ccnc2N)CC1. The van der Waals surface area contributed by atoms with Crippen LogP contribution in [0.5, 0.6) is 5.75 Å². The maximum atomic E-state index is 12.9. The van der Waals surface area contributed by atoms with Gasteiger partial charge in [-0.3, -0.25) is 9.59 Å². The van der Waals surface area contributed by atoms with Crippen LogP contribution < -0.4 is 15.8 Å². The van der Waals surface area contributed by atoms with Crippen LogP contribution in [0.2, 0.25) is 0 Å². The van der Waals surface area contributed by atoms with E-state index in [0.29, 0.717) is 30.4 Å². The number of hydrogen-bond donors (Lipinski definition) is 2. The molecule has 2 aliphatic rings. The Kier molecular flexibility index (Phi) is 8.63. The van der Waals surface area contributed by atoms with Gasteiger partial charge in [-0.1, -0.05) is 0 Å². The molecule has 11 heteroatoms. The molecule has 4 rings (SSSR count). The van der Waals surface area contributed by atoms with E-state index in [-0.39, 0.29) is 29.5 Å². The monoisotopic (exact) mass is 534 g/mol. The molecule has 0 atom stereocenters. The van der Waals surface area contributed by atoms with E-state index in [2.05, 4.69) is 15.0 Å². The number of benzene rings is 1. The number of amides is 1. The van der Waals surface area contributed by atoms with Gasteiger partial charge in [-0.2, -0.15) is 0 Å². The maximum Gasteiger partial charge on any atom is 0.573 e. The molecule has 0 bridgehead atoms. The molecule has 3 N–H and O–H groups in total. The Labute approximate surface area is 219 Å². The van der Waals surface area contributed by atoms with E-state index in [9.17, 15) is 22.8 Å². The summed E-state index contributed by atoms with van der Waals surface area (Å²) in [6, 6.07) is 6.95. The number of ether oxygens (including phenoxy) is 2. The highest BCUT2D eigenvalue weighted by molar-refractivity contribution is 5.94. The van der Waals surface area contributed by atoms with Crippen molar-refractivity contribution in [3.63, 3.8) is 0 Å². The minimum atomic E-state index is -4.78. The van der Waals surface area contributed by atoms with E-state index in [4.69, 9.17) is 10.5 Å². The van der Waals surface area contributed by atoms with Gasteiger partial charge in [0.2, 0.25) is 0 Å². The predicted molar refractivity (Wildman–Crippen MR) is 136 cm³/mol. The Morgan fingerprint density at radius 3 is 2.32 bits per heavy atom. The third-order valence-corrected chi connectivity index (χ3v) is 7.52. The van der Waals surface area contributed by atoms with Crippen LogP contribution in [0.3, 0.4) is 0 Å². The summed E-state index contributed by atoms with van der Waals surface area (Å²) in [6.45, 7) is 1.77. The van der Waals surface area contributed by atoms with Crippen LogP contribution in [0.25, 0.3) is 0 Å². The van der Waals surface area contributed by atoms with Crippen molar-refractivity contribution in [3.05, 3.63) is 47.7 Å². The standard InChI is InChI=1S/C27H33F3N4O4/c1-37-26(36)20-4-2-17(3-5-20)16-33-23-22(10-13-32-24(23)31)18-11-14-34(15-12-18)25(35)19-6-8-21(9-7-19)38-27(28,29)30/h6-10,13,17-18,20,33H,2-5,11-12,14-16H2,1H3,(H2,31,32). The van der Waals surface area contributed by atoms with E-state index < -0.39 is 6.36 Å². The summed E-state index contributed by atoms with van der Waals surface area (Å²) in [5.74, 6) is 0.309. The molecule has 2 fully saturated rings. The maximum absolute atomic E-state index is 12.9. The first-order valence-electron chi connectivity index (χ1n) is 12.9. The van der Waals surface area contributed by atoms with Crippen LogP contribution in [0.4, 0.5) is 24.7 Å². The number of likely N-dealkylation sites (tertiary alicyclic amines) is 1. The van der Waals surface area contributed by atoms with Gasteiger partial charge in [0.05, 0.1) is 18.7 Å². The molecule has 38 heavy (non-hydrogen) atoms. The number of halogens is 3. The lowest BCUT2D eigenvalue weighted by Gasteiger charge is -2.33. The third-order valence-electron chi connectivity index (χ3n) is 7.52. The average molecular weight is 535 g/mol. The zero-order valence-electron chi connectivity index (χ0n) is 21.3. The first-order valence-corrected chi connectivity index (χ1v) is 12.9. The summed E-state index contributed by atoms with van der Waals surface area (Å²) in [7, 11) is 1.43. The number of carbonyl (C=O) groups is 2. The minimum Gasteiger partial charge on any atom is -0.469 e. The molecule has 0 spiro atoms. The van der Waals surface area contributed by atoms with Crippen molar-refractivity contribution in [3.8, 4) is 5.75 Å². The van der Waals surface area contributed by atoms with E-state index in [1.807, 2.05) is 6.07 Å². The van der Waals surface area contributed by atoms with Gasteiger partial charge in [0, 0.05) is 31.4 Å². The molecule has 1 aliphatic carbocycles. The number of aromatic nitrogens is 1. The number of esters is 1. The molecular formula is C27H33F3N4O4. The molecule has 1 aromatic carbocycles. The number of nitrogens with one attached hydrogen (secondary N) is 1. The van der Waals surface area contributed by atoms with Gasteiger partial charge in [-0.15, -0.1) is 13.2 Å². The van der Waals surface area contributed by atoms with Crippen molar-refractivity contribution in [2.24, 2.45) is 11.8 Å². The molecule has 1 aromatic heterocycles. The number of piperidine rings is 1. The van der Waals surface area contributed by atoms with E-state index >= 15 is 0 Å². The Morgan fingerprint density at radius 2 is 1.71 bits per heavy atom. The second-order valence-corrected chi connectivity index (χ2v) is 9.92. The van der Waals surface area contributed by atoms with Crippen LogP contribution in [-0.2, 0) is 9.53 Å². The highest BCUT2D eigenvalue weighted by atomic mass is 19.4. The number of pyridine rings is 1. The Morgan fingerprint density at radius 1 is 1.05 bits per heavy atom. The Bertz CT molecular complexity index is 1110. The molecule has 1 saturated heterocycles. The third kappa shape index (κ3) is 6.87. The molecule has 0 radical (unpaired) electrons. The Balaban J connectivity index is 1.33. The topological polar surface area (TPSA) is 107 Å². The molecule has 2 aromatic rings. The largest absolute Gasteiger partial charge is 0.573 e. The van der Waals surface area contributed by atoms with Gasteiger partial charge in [-0.05, 0) is 86.3 Å². The lowest BCUT2D eigenvalue weighted by Crippen LogP contribution is -2.38. The fourth-order valence-electron chi connectivity index (χ4n) is 5.42. The van der Waals surface area contributed by atoms with Crippen LogP contribution in [0.15, 0.2) is 36.5 Å². The minimum absolute atomic E-state index is 0.0191. The van der Waals surface area contributed by atoms with E-state index in [1.54, 1.807) is 11.1 Å². The number of nitrogens with zero attached hydrogens (tertiary/aromatic N) is 2. The van der Waals surface area contributed by atoms with Crippen molar-refractivity contribution in [1.82, 2.24) is 9.88 Å². The van der Waals surface area contributed by atoms with Gasteiger partial charge in [0.25, 0.3) is 5.91 Å². The van der Waals surface area contributed by atoms with E-state index in [1.165, 1.54) is 19.2 Å². The number of nitrogens with two attached hydrogens (primary N) is 1. The zero-order chi connectivity index (χ0) is 27.3. The van der Waals surface area contributed by atoms with Gasteiger partial charge in [-0.25, -0.2) is 4.98 Å². The summed E-state index contributed by atoms with van der Waals surface area (Å²) >= 11 is 0. The number of alkyl halides is 3. The van der Waals surface area contributed by atoms with Crippen molar-refractivity contribution >= 4 is 23.4 Å². The highest BCUT2D eigenvalue weighted by Gasteiger charge is 2.32. The van der Waals surface area contributed by atoms with Crippen LogP contribution in [-0.4, -0.2) is 54.9 Å². The molecule has 8 nitrogen and oxygen atoms in total. The fourth-order valence-corrected chi connectivity index (χ4v) is 5.42. The van der Waals surface area contributed by atoms with Crippen LogP contribution in [0.1, 0.15) is 60.4 Å². The fraction of sp³-hybridized carbons (Fsp3) is 0.519. The second kappa shape index (κ2) is 11.9. The van der Waals surface area contributed by atoms with Gasteiger partial charge < -0.3 is 25.4 Å². The van der Waals surface area contributed by atoms with Crippen LogP contribution >= 0.6 is 0 Å². The van der Waals surface area contributed by atoms with Crippen molar-refractivity contribution in [2.75, 3.05) is 37.8 Å². The van der Waals surface area contributed by atoms with Gasteiger partial charge >= 0.3 is 12.3 Å². The quantitative estimate of drug-likeness (QED) is 0.483. The van der Waals surface area contributed by atoms with Crippen molar-refractivity contribution < 1.29 is 32.2 Å². The number of rotatable bonds is 7. The number of anilines is 2. The first kappa shape index (κ1) is 27.5. The number of carbonyl (C=O) groups excluding carboxylic acids is 2. The number of nitrogen functional groups attached to an aromatic ring is 1. The molecule has 1 saturated carbocycles. The summed E-state index contributed by atoms with van der Waals surface area (Å²) in [5, 5.41) is 3.51. The first-order chi connectivity index (χ1) is 18.1. The van der Waals surface area contributed by atoms with Crippen molar-refractivity contribution in [2.45, 2.75) is 50.8 Å². The summed E-state index contributed by atoms with van der Waals surface area (Å²) in [5.41, 5.74) is 8.46. The average Bonchev–Trinajstić information content (AvgIpc) is 2.91. The molecule has 2 heterocycles. The molecule has 1 aliphatic heterocycles. The number of hydrogen-bond acceptors (Lipinski definition) is 7. The summed E-state index contributed by atoms with van der Waals surface area (Å²) in [6.07, 6.45) is 1.88. The van der Waals surface area contributed by atoms with Gasteiger partial charge in [0.15, 0.2) is 0 Å². The normalized spacial score (nSPS) is 20.6. The summed E-state index contributed by atoms with van der Waals surface area (Å²) < 4.78 is 45.9. The summed E-state index contributed by atoms with van der Waals surface area (Å²) in [4.78, 5) is 30.7. The van der Waals surface area contributed by atoms with Crippen molar-refractivity contribution in [1.29, 1.82) is 0 Å². The second-order valence-electron chi connectivity index (χ2n) is 9.92. The van der Waals surface area contributed by atoms with Crippen LogP contribution in [0, 0.1) is 11.8 Å². The van der Waals surface area contributed by atoms with E-state index in [0.717, 1.165) is 68.5 Å². The molecule has 1 amide bonds. The zero-order valence-corrected chi connectivity index (χ0v) is 21.3. The predicted octanol–water partition coefficient (Wildman–Crippen LogP) is 4.97. The molecule has 206 valence electrons. The van der Waals surface area contributed by atoms with Gasteiger partial charge in [0.1, 0.15) is 11.6 Å². The highest BCUT2D eigenvalue weighted by Crippen LogP contribution is 2.37. The lowest BCUT2D eigenvalue weighted by molar-refractivity contribution is -0.274. The smallest absolute Gasteiger partial charge is 0.469 e. The number of methoxy groups -OCH3 is 1. The molecule has 0 unspecified atom stereocenters.